The van der Waals surface area contributed by atoms with Gasteiger partial charge in [-0.25, -0.2) is 24.5 Å². The molecule has 0 amide bonds. The van der Waals surface area contributed by atoms with E-state index >= 15 is 0 Å². The number of ether oxygens (including phenoxy) is 1. The van der Waals surface area contributed by atoms with E-state index in [0.717, 1.165) is 35.1 Å². The van der Waals surface area contributed by atoms with Crippen LogP contribution in [-0.2, 0) is 26.9 Å². The lowest BCUT2D eigenvalue weighted by atomic mass is 9.82. The Hall–Kier alpha value is -5.57. The minimum atomic E-state index is -5.08. The number of H-pyrrole nitrogens is 1. The SMILES string of the molecule is CC(C)(O)c1cc(O[C@H]2CC[C@@H](N3CC(CC#N)(n4cc(-c5ncnc6[nH]ccc56)cn4)C3)CC2)nc(C(F)(F)F)n1.O=C(O)C(F)(F)F.O=C(O)C(F)(F)F. The molecule has 4 aromatic heterocycles. The Bertz CT molecular complexity index is 1980. The Kier molecular flexibility index (Phi) is 12.5. The predicted octanol–water partition coefficient (Wildman–Crippen LogP) is 5.44. The van der Waals surface area contributed by atoms with Crippen molar-refractivity contribution in [3.63, 3.8) is 0 Å². The van der Waals surface area contributed by atoms with Gasteiger partial charge in [-0.3, -0.25) is 9.58 Å². The lowest BCUT2D eigenvalue weighted by Crippen LogP contribution is -2.65. The molecule has 0 unspecified atom stereocenters. The fourth-order valence-corrected chi connectivity index (χ4v) is 5.88. The molecule has 0 bridgehead atoms. The van der Waals surface area contributed by atoms with E-state index < -0.39 is 47.4 Å². The normalized spacial score (nSPS) is 18.7. The van der Waals surface area contributed by atoms with Gasteiger partial charge < -0.3 is 25.0 Å². The lowest BCUT2D eigenvalue weighted by Gasteiger charge is -2.53. The van der Waals surface area contributed by atoms with Crippen molar-refractivity contribution < 1.29 is 69.2 Å². The van der Waals surface area contributed by atoms with E-state index in [0.29, 0.717) is 32.4 Å². The van der Waals surface area contributed by atoms with Gasteiger partial charge in [0.2, 0.25) is 11.7 Å². The first-order valence-electron chi connectivity index (χ1n) is 16.2. The molecule has 5 heterocycles. The number of nitriles is 1. The molecule has 4 aromatic rings. The third kappa shape index (κ3) is 10.6. The molecule has 56 heavy (non-hydrogen) atoms. The van der Waals surface area contributed by atoms with Crippen LogP contribution in [0.2, 0.25) is 0 Å². The highest BCUT2D eigenvalue weighted by atomic mass is 19.4. The number of halogens is 9. The molecule has 1 aliphatic heterocycles. The molecule has 4 N–H and O–H groups in total. The van der Waals surface area contributed by atoms with Crippen LogP contribution in [0.3, 0.4) is 0 Å². The summed E-state index contributed by atoms with van der Waals surface area (Å²) in [6, 6.07) is 5.78. The molecular formula is C32H32F9N9O6. The molecule has 6 rings (SSSR count). The number of hydrogen-bond donors (Lipinski definition) is 4. The summed E-state index contributed by atoms with van der Waals surface area (Å²) >= 11 is 0. The Morgan fingerprint density at radius 1 is 0.982 bits per heavy atom. The summed E-state index contributed by atoms with van der Waals surface area (Å²) in [5, 5.41) is 39.6. The fourth-order valence-electron chi connectivity index (χ4n) is 5.88. The molecule has 1 aliphatic carbocycles. The molecule has 24 heteroatoms. The monoisotopic (exact) mass is 809 g/mol. The highest BCUT2D eigenvalue weighted by Gasteiger charge is 2.48. The zero-order chi connectivity index (χ0) is 41.9. The number of carbonyl (C=O) groups is 2. The van der Waals surface area contributed by atoms with Crippen LogP contribution >= 0.6 is 0 Å². The third-order valence-electron chi connectivity index (χ3n) is 8.61. The van der Waals surface area contributed by atoms with Crippen LogP contribution in [0.5, 0.6) is 5.88 Å². The topological polar surface area (TPSA) is 216 Å². The van der Waals surface area contributed by atoms with Gasteiger partial charge in [0.25, 0.3) is 0 Å². The molecule has 1 saturated heterocycles. The van der Waals surface area contributed by atoms with Gasteiger partial charge in [0.1, 0.15) is 29.2 Å². The largest absolute Gasteiger partial charge is 0.490 e. The number of aliphatic carboxylic acids is 2. The molecule has 1 saturated carbocycles. The molecule has 0 atom stereocenters. The van der Waals surface area contributed by atoms with Crippen LogP contribution in [0.4, 0.5) is 39.5 Å². The number of rotatable bonds is 7. The summed E-state index contributed by atoms with van der Waals surface area (Å²) in [7, 11) is 0. The number of hydrogen-bond acceptors (Lipinski definition) is 11. The van der Waals surface area contributed by atoms with Crippen LogP contribution in [0.25, 0.3) is 22.3 Å². The Labute approximate surface area is 309 Å². The smallest absolute Gasteiger partial charge is 0.475 e. The molecule has 0 aromatic carbocycles. The number of carboxylic acids is 2. The highest BCUT2D eigenvalue weighted by molar-refractivity contribution is 5.90. The molecule has 304 valence electrons. The first-order chi connectivity index (χ1) is 25.8. The summed E-state index contributed by atoms with van der Waals surface area (Å²) in [6.45, 7) is 4.06. The van der Waals surface area contributed by atoms with Gasteiger partial charge in [-0.05, 0) is 45.6 Å². The number of aromatic amines is 1. The molecule has 2 fully saturated rings. The molecule has 0 radical (unpaired) electrons. The van der Waals surface area contributed by atoms with E-state index in [-0.39, 0.29) is 23.7 Å². The summed E-state index contributed by atoms with van der Waals surface area (Å²) < 4.78 is 111. The molecule has 15 nitrogen and oxygen atoms in total. The number of aromatic nitrogens is 7. The molecule has 2 aliphatic rings. The van der Waals surface area contributed by atoms with Crippen LogP contribution < -0.4 is 4.74 Å². The van der Waals surface area contributed by atoms with Gasteiger partial charge in [0.15, 0.2) is 0 Å². The van der Waals surface area contributed by atoms with Crippen LogP contribution in [0, 0.1) is 11.3 Å². The zero-order valence-corrected chi connectivity index (χ0v) is 29.1. The maximum Gasteiger partial charge on any atom is 0.490 e. The van der Waals surface area contributed by atoms with Gasteiger partial charge in [-0.2, -0.15) is 54.9 Å². The van der Waals surface area contributed by atoms with Crippen molar-refractivity contribution in [3.05, 3.63) is 48.6 Å². The summed E-state index contributed by atoms with van der Waals surface area (Å²) in [5.41, 5.74) is 0.183. The van der Waals surface area contributed by atoms with Gasteiger partial charge in [0, 0.05) is 48.5 Å². The first-order valence-corrected chi connectivity index (χ1v) is 16.2. The number of alkyl halides is 9. The average Bonchev–Trinajstić information content (AvgIpc) is 3.76. The molecule has 0 spiro atoms. The Balaban J connectivity index is 0.000000425. The second-order valence-corrected chi connectivity index (χ2v) is 13.2. The van der Waals surface area contributed by atoms with Crippen LogP contribution in [0.1, 0.15) is 57.5 Å². The minimum absolute atomic E-state index is 0.151. The fraction of sp³-hybridized carbons (Fsp3) is 0.500. The predicted molar refractivity (Wildman–Crippen MR) is 171 cm³/mol. The second-order valence-electron chi connectivity index (χ2n) is 13.2. The van der Waals surface area contributed by atoms with Gasteiger partial charge >= 0.3 is 30.5 Å². The van der Waals surface area contributed by atoms with E-state index in [1.807, 2.05) is 23.1 Å². The maximum atomic E-state index is 13.4. The van der Waals surface area contributed by atoms with Crippen molar-refractivity contribution in [2.45, 2.75) is 87.8 Å². The van der Waals surface area contributed by atoms with Crippen molar-refractivity contribution in [3.8, 4) is 23.2 Å². The minimum Gasteiger partial charge on any atom is -0.475 e. The highest BCUT2D eigenvalue weighted by Crippen LogP contribution is 2.39. The van der Waals surface area contributed by atoms with Crippen molar-refractivity contribution in [1.29, 1.82) is 5.26 Å². The summed E-state index contributed by atoms with van der Waals surface area (Å²) in [5.74, 6) is -7.04. The van der Waals surface area contributed by atoms with Crippen molar-refractivity contribution >= 4 is 23.0 Å². The lowest BCUT2D eigenvalue weighted by molar-refractivity contribution is -0.193. The number of carboxylic acid groups (broad SMARTS) is 2. The van der Waals surface area contributed by atoms with Crippen molar-refractivity contribution in [2.24, 2.45) is 0 Å². The summed E-state index contributed by atoms with van der Waals surface area (Å²) in [6.07, 6.45) is -5.03. The van der Waals surface area contributed by atoms with E-state index in [1.54, 1.807) is 6.20 Å². The van der Waals surface area contributed by atoms with Gasteiger partial charge in [-0.1, -0.05) is 0 Å². The standard InChI is InChI=1S/C28H30F3N9O2.2C2HF3O2/c1-26(2,41)21-11-22(38-25(37-21)28(29,30)31)42-19-5-3-18(4-6-19)39-14-27(15-39,8-9-32)40-13-17(12-36-40)23-20-7-10-33-24(20)35-16-34-23;2*3-2(4,5)1(6)7/h7,10-13,16,18-19,41H,3-6,8,14-15H2,1-2H3,(H,33,34,35);2*(H,6,7)/t18-,19+;;. The Morgan fingerprint density at radius 2 is 1.57 bits per heavy atom. The average molecular weight is 810 g/mol. The van der Waals surface area contributed by atoms with E-state index in [9.17, 15) is 49.9 Å². The number of nitrogens with zero attached hydrogens (tertiary/aromatic N) is 8. The van der Waals surface area contributed by atoms with E-state index in [4.69, 9.17) is 24.5 Å². The van der Waals surface area contributed by atoms with Gasteiger partial charge in [-0.15, -0.1) is 0 Å². The van der Waals surface area contributed by atoms with Crippen molar-refractivity contribution in [2.75, 3.05) is 13.1 Å². The van der Waals surface area contributed by atoms with Gasteiger partial charge in [0.05, 0.1) is 30.1 Å². The van der Waals surface area contributed by atoms with E-state index in [2.05, 4.69) is 41.0 Å². The van der Waals surface area contributed by atoms with Crippen LogP contribution in [0.15, 0.2) is 37.1 Å². The second kappa shape index (κ2) is 16.3. The number of fused-ring (bicyclic) bond motifs is 1. The number of aliphatic hydroxyl groups is 1. The third-order valence-corrected chi connectivity index (χ3v) is 8.61. The quantitative estimate of drug-likeness (QED) is 0.171. The van der Waals surface area contributed by atoms with Crippen molar-refractivity contribution in [1.82, 2.24) is 39.6 Å². The molecular weight excluding hydrogens is 777 g/mol. The summed E-state index contributed by atoms with van der Waals surface area (Å²) in [4.78, 5) is 39.0. The zero-order valence-electron chi connectivity index (χ0n) is 29.1. The Morgan fingerprint density at radius 3 is 2.09 bits per heavy atom. The van der Waals surface area contributed by atoms with Crippen LogP contribution in [-0.4, -0.2) is 104 Å². The number of likely N-dealkylation sites (tertiary alicyclic amines) is 1. The first kappa shape index (κ1) is 43.2. The number of nitrogens with one attached hydrogen (secondary N) is 1. The maximum absolute atomic E-state index is 13.4. The van der Waals surface area contributed by atoms with E-state index in [1.165, 1.54) is 26.2 Å².